The number of rotatable bonds is 7. The highest BCUT2D eigenvalue weighted by Crippen LogP contribution is 2.34. The molecule has 0 aliphatic rings. The summed E-state index contributed by atoms with van der Waals surface area (Å²) >= 11 is 19.8. The second-order valence-corrected chi connectivity index (χ2v) is 7.78. The second-order valence-electron chi connectivity index (χ2n) is 5.59. The first kappa shape index (κ1) is 20.1. The lowest BCUT2D eigenvalue weighted by molar-refractivity contribution is 0.416. The highest BCUT2D eigenvalue weighted by Gasteiger charge is 2.17. The zero-order valence-corrected chi connectivity index (χ0v) is 17.5. The molecule has 4 nitrogen and oxygen atoms in total. The van der Waals surface area contributed by atoms with Crippen molar-refractivity contribution in [3.8, 4) is 17.1 Å². The smallest absolute Gasteiger partial charge is 0.192 e. The van der Waals surface area contributed by atoms with Crippen molar-refractivity contribution in [3.63, 3.8) is 0 Å². The maximum absolute atomic E-state index is 6.17. The molecule has 0 aliphatic heterocycles. The van der Waals surface area contributed by atoms with Crippen molar-refractivity contribution < 1.29 is 4.74 Å². The van der Waals surface area contributed by atoms with Gasteiger partial charge in [-0.3, -0.25) is 4.57 Å². The predicted molar refractivity (Wildman–Crippen MR) is 113 cm³/mol. The van der Waals surface area contributed by atoms with Crippen molar-refractivity contribution in [2.24, 2.45) is 0 Å². The number of hydrogen-bond acceptors (Lipinski definition) is 4. The molecule has 0 bridgehead atoms. The number of aromatic nitrogens is 3. The first-order valence-electron chi connectivity index (χ1n) is 7.98. The maximum atomic E-state index is 6.17. The van der Waals surface area contributed by atoms with E-state index in [1.807, 2.05) is 28.8 Å². The van der Waals surface area contributed by atoms with Crippen molar-refractivity contribution in [3.05, 3.63) is 69.7 Å². The molecule has 2 aromatic carbocycles. The Morgan fingerprint density at radius 3 is 2.63 bits per heavy atom. The van der Waals surface area contributed by atoms with E-state index in [-0.39, 0.29) is 0 Å². The molecular weight excluding hydrogens is 425 g/mol. The summed E-state index contributed by atoms with van der Waals surface area (Å²) in [5.41, 5.74) is 1.82. The summed E-state index contributed by atoms with van der Waals surface area (Å²) < 4.78 is 7.43. The summed E-state index contributed by atoms with van der Waals surface area (Å²) in [5.74, 6) is 2.03. The Morgan fingerprint density at radius 1 is 1.11 bits per heavy atom. The first-order chi connectivity index (χ1) is 13.0. The van der Waals surface area contributed by atoms with Crippen LogP contribution in [0.3, 0.4) is 0 Å². The fourth-order valence-corrected chi connectivity index (χ4v) is 3.90. The lowest BCUT2D eigenvalue weighted by Crippen LogP contribution is -2.02. The molecule has 0 amide bonds. The number of benzene rings is 2. The van der Waals surface area contributed by atoms with Crippen LogP contribution in [0.1, 0.15) is 5.56 Å². The molecule has 0 saturated heterocycles. The molecule has 140 valence electrons. The molecule has 0 N–H and O–H groups in total. The molecule has 1 aromatic heterocycles. The van der Waals surface area contributed by atoms with Gasteiger partial charge in [-0.1, -0.05) is 58.7 Å². The summed E-state index contributed by atoms with van der Waals surface area (Å²) in [5, 5.41) is 11.1. The van der Waals surface area contributed by atoms with Gasteiger partial charge in [0.2, 0.25) is 0 Å². The first-order valence-corrected chi connectivity index (χ1v) is 10.1. The van der Waals surface area contributed by atoms with Crippen molar-refractivity contribution >= 4 is 46.6 Å². The minimum absolute atomic E-state index is 0.534. The molecule has 0 aliphatic carbocycles. The van der Waals surface area contributed by atoms with Gasteiger partial charge in [-0.25, -0.2) is 0 Å². The second kappa shape index (κ2) is 9.02. The van der Waals surface area contributed by atoms with Gasteiger partial charge in [0.05, 0.1) is 22.7 Å². The Labute approximate surface area is 177 Å². The Hall–Kier alpha value is -1.66. The van der Waals surface area contributed by atoms with E-state index < -0.39 is 0 Å². The number of thioether (sulfide) groups is 1. The molecule has 0 radical (unpaired) electrons. The van der Waals surface area contributed by atoms with Crippen LogP contribution in [0.15, 0.2) is 54.2 Å². The van der Waals surface area contributed by atoms with E-state index in [0.717, 1.165) is 16.3 Å². The van der Waals surface area contributed by atoms with Crippen molar-refractivity contribution in [1.82, 2.24) is 14.8 Å². The van der Waals surface area contributed by atoms with E-state index in [1.54, 1.807) is 37.1 Å². The van der Waals surface area contributed by atoms with E-state index in [0.29, 0.717) is 38.9 Å². The summed E-state index contributed by atoms with van der Waals surface area (Å²) in [7, 11) is 1.61. The van der Waals surface area contributed by atoms with Crippen molar-refractivity contribution in [1.29, 1.82) is 0 Å². The molecule has 3 aromatic rings. The van der Waals surface area contributed by atoms with Crippen LogP contribution in [-0.2, 0) is 12.3 Å². The molecular formula is C19H16Cl3N3OS. The standard InChI is InChI=1S/C19H16Cl3N3OS/c1-3-8-25-18(14-10-13(20)5-7-17(14)26-2)23-24-19(25)27-11-12-4-6-15(21)16(22)9-12/h3-7,9-10H,1,8,11H2,2H3. The van der Waals surface area contributed by atoms with Crippen LogP contribution in [0.4, 0.5) is 0 Å². The van der Waals surface area contributed by atoms with E-state index in [2.05, 4.69) is 16.8 Å². The molecule has 0 unspecified atom stereocenters. The van der Waals surface area contributed by atoms with E-state index in [1.165, 1.54) is 0 Å². The molecule has 3 rings (SSSR count). The van der Waals surface area contributed by atoms with E-state index >= 15 is 0 Å². The van der Waals surface area contributed by atoms with Gasteiger partial charge in [0.25, 0.3) is 0 Å². The van der Waals surface area contributed by atoms with Gasteiger partial charge in [0.1, 0.15) is 5.75 Å². The zero-order valence-electron chi connectivity index (χ0n) is 14.5. The van der Waals surface area contributed by atoms with Crippen LogP contribution in [-0.4, -0.2) is 21.9 Å². The number of hydrogen-bond donors (Lipinski definition) is 0. The van der Waals surface area contributed by atoms with Gasteiger partial charge in [-0.2, -0.15) is 0 Å². The highest BCUT2D eigenvalue weighted by molar-refractivity contribution is 7.98. The third kappa shape index (κ3) is 4.61. The van der Waals surface area contributed by atoms with Crippen molar-refractivity contribution in [2.75, 3.05) is 7.11 Å². The van der Waals surface area contributed by atoms with Crippen LogP contribution in [0.2, 0.25) is 15.1 Å². The predicted octanol–water partition coefficient (Wildman–Crippen LogP) is 6.39. The van der Waals surface area contributed by atoms with Crippen LogP contribution in [0.25, 0.3) is 11.4 Å². The number of ether oxygens (including phenoxy) is 1. The summed E-state index contributed by atoms with van der Waals surface area (Å²) in [6, 6.07) is 11.0. The molecule has 0 saturated carbocycles. The monoisotopic (exact) mass is 439 g/mol. The zero-order chi connectivity index (χ0) is 19.4. The molecule has 0 atom stereocenters. The quantitative estimate of drug-likeness (QED) is 0.315. The van der Waals surface area contributed by atoms with Gasteiger partial charge >= 0.3 is 0 Å². The Morgan fingerprint density at radius 2 is 1.93 bits per heavy atom. The number of methoxy groups -OCH3 is 1. The normalized spacial score (nSPS) is 10.8. The number of halogens is 3. The lowest BCUT2D eigenvalue weighted by Gasteiger charge is -2.11. The minimum atomic E-state index is 0.534. The molecule has 8 heteroatoms. The molecule has 1 heterocycles. The largest absolute Gasteiger partial charge is 0.496 e. The van der Waals surface area contributed by atoms with Crippen LogP contribution < -0.4 is 4.74 Å². The summed E-state index contributed by atoms with van der Waals surface area (Å²) in [6.45, 7) is 4.39. The van der Waals surface area contributed by atoms with Gasteiger partial charge in [-0.15, -0.1) is 16.8 Å². The average molecular weight is 441 g/mol. The van der Waals surface area contributed by atoms with Crippen LogP contribution in [0.5, 0.6) is 5.75 Å². The summed E-state index contributed by atoms with van der Waals surface area (Å²) in [6.07, 6.45) is 1.80. The Balaban J connectivity index is 1.92. The third-order valence-corrected chi connectivity index (χ3v) is 5.79. The summed E-state index contributed by atoms with van der Waals surface area (Å²) in [4.78, 5) is 0. The van der Waals surface area contributed by atoms with Gasteiger partial charge in [0, 0.05) is 17.3 Å². The van der Waals surface area contributed by atoms with Crippen molar-refractivity contribution in [2.45, 2.75) is 17.5 Å². The van der Waals surface area contributed by atoms with Gasteiger partial charge in [-0.05, 0) is 35.9 Å². The van der Waals surface area contributed by atoms with E-state index in [4.69, 9.17) is 39.5 Å². The van der Waals surface area contributed by atoms with Gasteiger partial charge in [0.15, 0.2) is 11.0 Å². The van der Waals surface area contributed by atoms with Gasteiger partial charge < -0.3 is 4.74 Å². The topological polar surface area (TPSA) is 39.9 Å². The SMILES string of the molecule is C=CCn1c(SCc2ccc(Cl)c(Cl)c2)nnc1-c1cc(Cl)ccc1OC. The highest BCUT2D eigenvalue weighted by atomic mass is 35.5. The fraction of sp³-hybridized carbons (Fsp3) is 0.158. The average Bonchev–Trinajstić information content (AvgIpc) is 3.05. The number of allylic oxidation sites excluding steroid dienone is 1. The third-order valence-electron chi connectivity index (χ3n) is 3.78. The number of nitrogens with zero attached hydrogens (tertiary/aromatic N) is 3. The lowest BCUT2D eigenvalue weighted by atomic mass is 10.2. The Kier molecular flexibility index (Phi) is 6.71. The minimum Gasteiger partial charge on any atom is -0.496 e. The molecule has 0 spiro atoms. The Bertz CT molecular complexity index is 975. The van der Waals surface area contributed by atoms with E-state index in [9.17, 15) is 0 Å². The van der Waals surface area contributed by atoms with Crippen LogP contribution >= 0.6 is 46.6 Å². The fourth-order valence-electron chi connectivity index (χ4n) is 2.52. The molecule has 27 heavy (non-hydrogen) atoms. The van der Waals surface area contributed by atoms with Crippen LogP contribution in [0, 0.1) is 0 Å². The maximum Gasteiger partial charge on any atom is 0.192 e. The molecule has 0 fully saturated rings.